The predicted octanol–water partition coefficient (Wildman–Crippen LogP) is 1.70. The zero-order valence-electron chi connectivity index (χ0n) is 7.54. The second-order valence-electron chi connectivity index (χ2n) is 2.63. The van der Waals surface area contributed by atoms with Crippen LogP contribution in [0.5, 0.6) is 0 Å². The van der Waals surface area contributed by atoms with E-state index in [0.717, 1.165) is 6.08 Å². The molecule has 0 aliphatic rings. The van der Waals surface area contributed by atoms with Crippen molar-refractivity contribution in [1.29, 1.82) is 10.5 Å². The molecular formula is C10H5N3O2. The van der Waals surface area contributed by atoms with E-state index in [4.69, 9.17) is 10.5 Å². The van der Waals surface area contributed by atoms with Gasteiger partial charge in [-0.25, -0.2) is 0 Å². The minimum Gasteiger partial charge on any atom is -0.258 e. The van der Waals surface area contributed by atoms with Gasteiger partial charge in [0.25, 0.3) is 0 Å². The lowest BCUT2D eigenvalue weighted by Crippen LogP contribution is -1.94. The summed E-state index contributed by atoms with van der Waals surface area (Å²) in [5.41, 5.74) is 0.453. The number of allylic oxidation sites excluding steroid dienone is 1. The Morgan fingerprint density at radius 3 is 2.33 bits per heavy atom. The van der Waals surface area contributed by atoms with Gasteiger partial charge in [-0.2, -0.15) is 10.5 Å². The van der Waals surface area contributed by atoms with Crippen LogP contribution in [0.25, 0.3) is 6.08 Å². The van der Waals surface area contributed by atoms with E-state index in [1.165, 1.54) is 18.2 Å². The number of nitro groups is 1. The Morgan fingerprint density at radius 1 is 1.33 bits per heavy atom. The Bertz CT molecular complexity index is 489. The molecule has 0 aliphatic carbocycles. The van der Waals surface area contributed by atoms with Crippen molar-refractivity contribution in [2.75, 3.05) is 0 Å². The van der Waals surface area contributed by atoms with E-state index in [9.17, 15) is 10.1 Å². The summed E-state index contributed by atoms with van der Waals surface area (Å²) >= 11 is 0. The molecule has 0 aliphatic heterocycles. The Hall–Kier alpha value is -2.66. The Balaban J connectivity index is 3.05. The summed E-state index contributed by atoms with van der Waals surface area (Å²) in [7, 11) is 0. The Labute approximate surface area is 85.6 Å². The summed E-state index contributed by atoms with van der Waals surface area (Å²) < 4.78 is 0. The third kappa shape index (κ3) is 2.64. The van der Waals surface area contributed by atoms with Crippen LogP contribution in [-0.4, -0.2) is 4.92 Å². The monoisotopic (exact) mass is 199 g/mol. The smallest absolute Gasteiger partial charge is 0.258 e. The maximum Gasteiger partial charge on any atom is 0.346 e. The largest absolute Gasteiger partial charge is 0.346 e. The summed E-state index contributed by atoms with van der Waals surface area (Å²) in [6.07, 6.45) is 1.15. The molecular weight excluding hydrogens is 194 g/mol. The van der Waals surface area contributed by atoms with Crippen LogP contribution in [0.4, 0.5) is 0 Å². The fraction of sp³-hybridized carbons (Fsp3) is 0. The first-order valence-electron chi connectivity index (χ1n) is 3.93. The molecule has 0 fully saturated rings. The van der Waals surface area contributed by atoms with Crippen molar-refractivity contribution in [2.24, 2.45) is 0 Å². The first-order chi connectivity index (χ1) is 7.17. The summed E-state index contributed by atoms with van der Waals surface area (Å²) in [5.74, 6) is 0. The van der Waals surface area contributed by atoms with Crippen LogP contribution < -0.4 is 0 Å². The average molecular weight is 199 g/mol. The van der Waals surface area contributed by atoms with E-state index in [-0.39, 0.29) is 0 Å². The molecule has 5 nitrogen and oxygen atoms in total. The molecule has 0 amide bonds. The van der Waals surface area contributed by atoms with Crippen LogP contribution in [0.15, 0.2) is 30.0 Å². The molecule has 1 aromatic carbocycles. The standard InChI is InChI=1S/C10H5N3O2/c11-6-9-3-1-8(2-4-9)5-10(7-12)13(14)15/h1-5H/b10-5-. The topological polar surface area (TPSA) is 90.7 Å². The van der Waals surface area contributed by atoms with Gasteiger partial charge in [0, 0.05) is 6.08 Å². The number of nitriles is 2. The number of hydrogen-bond acceptors (Lipinski definition) is 4. The molecule has 0 unspecified atom stereocenters. The molecule has 5 heteroatoms. The lowest BCUT2D eigenvalue weighted by molar-refractivity contribution is -0.415. The Kier molecular flexibility index (Phi) is 3.15. The van der Waals surface area contributed by atoms with Crippen molar-refractivity contribution in [1.82, 2.24) is 0 Å². The molecule has 1 rings (SSSR count). The molecule has 0 saturated heterocycles. The lowest BCUT2D eigenvalue weighted by atomic mass is 10.1. The van der Waals surface area contributed by atoms with E-state index in [1.54, 1.807) is 12.1 Å². The molecule has 0 aromatic heterocycles. The number of hydrogen-bond donors (Lipinski definition) is 0. The van der Waals surface area contributed by atoms with E-state index in [0.29, 0.717) is 11.1 Å². The fourth-order valence-electron chi connectivity index (χ4n) is 0.938. The molecule has 0 bridgehead atoms. The molecule has 0 N–H and O–H groups in total. The highest BCUT2D eigenvalue weighted by Gasteiger charge is 2.07. The average Bonchev–Trinajstić information content (AvgIpc) is 2.26. The van der Waals surface area contributed by atoms with Gasteiger partial charge in [0.1, 0.15) is 0 Å². The van der Waals surface area contributed by atoms with Gasteiger partial charge in [-0.05, 0) is 17.7 Å². The zero-order chi connectivity index (χ0) is 11.3. The Morgan fingerprint density at radius 2 is 1.93 bits per heavy atom. The van der Waals surface area contributed by atoms with Gasteiger partial charge in [-0.15, -0.1) is 0 Å². The maximum absolute atomic E-state index is 10.3. The molecule has 15 heavy (non-hydrogen) atoms. The SMILES string of the molecule is N#C/C(=C/c1ccc(C#N)cc1)[N+](=O)[O-]. The summed E-state index contributed by atoms with van der Waals surface area (Å²) in [6, 6.07) is 9.54. The van der Waals surface area contributed by atoms with Crippen LogP contribution in [0.1, 0.15) is 11.1 Å². The molecule has 0 saturated carbocycles. The van der Waals surface area contributed by atoms with Crippen molar-refractivity contribution in [3.63, 3.8) is 0 Å². The van der Waals surface area contributed by atoms with Crippen LogP contribution >= 0.6 is 0 Å². The number of benzene rings is 1. The third-order valence-electron chi connectivity index (χ3n) is 1.65. The minimum absolute atomic E-state index is 0.465. The summed E-state index contributed by atoms with van der Waals surface area (Å²) in [6.45, 7) is 0. The van der Waals surface area contributed by atoms with Crippen LogP contribution in [-0.2, 0) is 0 Å². The van der Waals surface area contributed by atoms with Gasteiger partial charge in [-0.3, -0.25) is 10.1 Å². The van der Waals surface area contributed by atoms with E-state index in [1.807, 2.05) is 6.07 Å². The summed E-state index contributed by atoms with van der Waals surface area (Å²) in [5, 5.41) is 27.3. The first-order valence-corrected chi connectivity index (χ1v) is 3.93. The van der Waals surface area contributed by atoms with Gasteiger partial charge in [-0.1, -0.05) is 12.1 Å². The lowest BCUT2D eigenvalue weighted by Gasteiger charge is -1.92. The van der Waals surface area contributed by atoms with E-state index < -0.39 is 10.6 Å². The second kappa shape index (κ2) is 4.54. The van der Waals surface area contributed by atoms with Crippen LogP contribution in [0.3, 0.4) is 0 Å². The van der Waals surface area contributed by atoms with Crippen molar-refractivity contribution in [3.8, 4) is 12.1 Å². The molecule has 1 aromatic rings. The third-order valence-corrected chi connectivity index (χ3v) is 1.65. The highest BCUT2D eigenvalue weighted by Crippen LogP contribution is 2.08. The van der Waals surface area contributed by atoms with Crippen molar-refractivity contribution >= 4 is 6.08 Å². The molecule has 0 radical (unpaired) electrons. The molecule has 0 heterocycles. The van der Waals surface area contributed by atoms with Gasteiger partial charge in [0.2, 0.25) is 0 Å². The first kappa shape index (κ1) is 10.4. The fourth-order valence-corrected chi connectivity index (χ4v) is 0.938. The second-order valence-corrected chi connectivity index (χ2v) is 2.63. The maximum atomic E-state index is 10.3. The molecule has 72 valence electrons. The molecule has 0 atom stereocenters. The van der Waals surface area contributed by atoms with Gasteiger partial charge >= 0.3 is 5.70 Å². The zero-order valence-corrected chi connectivity index (χ0v) is 7.54. The number of rotatable bonds is 2. The summed E-state index contributed by atoms with van der Waals surface area (Å²) in [4.78, 5) is 9.57. The van der Waals surface area contributed by atoms with Crippen molar-refractivity contribution in [2.45, 2.75) is 0 Å². The van der Waals surface area contributed by atoms with Gasteiger partial charge in [0.15, 0.2) is 6.07 Å². The van der Waals surface area contributed by atoms with Crippen LogP contribution in [0, 0.1) is 32.8 Å². The highest BCUT2D eigenvalue weighted by atomic mass is 16.6. The van der Waals surface area contributed by atoms with Crippen molar-refractivity contribution in [3.05, 3.63) is 51.2 Å². The van der Waals surface area contributed by atoms with Gasteiger partial charge in [0.05, 0.1) is 16.6 Å². The normalized spacial score (nSPS) is 10.1. The van der Waals surface area contributed by atoms with E-state index >= 15 is 0 Å². The van der Waals surface area contributed by atoms with E-state index in [2.05, 4.69) is 0 Å². The quantitative estimate of drug-likeness (QED) is 0.411. The van der Waals surface area contributed by atoms with Gasteiger partial charge < -0.3 is 0 Å². The molecule has 0 spiro atoms. The van der Waals surface area contributed by atoms with Crippen molar-refractivity contribution < 1.29 is 4.92 Å². The van der Waals surface area contributed by atoms with Crippen LogP contribution in [0.2, 0.25) is 0 Å². The highest BCUT2D eigenvalue weighted by molar-refractivity contribution is 5.55. The minimum atomic E-state index is -0.752. The predicted molar refractivity (Wildman–Crippen MR) is 51.7 cm³/mol. The number of nitrogens with zero attached hydrogens (tertiary/aromatic N) is 3.